The highest BCUT2D eigenvalue weighted by atomic mass is 32.2. The number of unbranched alkanes of at least 4 members (excludes halogenated alkanes) is 3. The first kappa shape index (κ1) is 23.1. The van der Waals surface area contributed by atoms with Crippen LogP contribution in [0.4, 0.5) is 5.69 Å². The number of rotatable bonds is 12. The maximum absolute atomic E-state index is 12.5. The van der Waals surface area contributed by atoms with Crippen molar-refractivity contribution in [3.05, 3.63) is 30.3 Å². The fraction of sp³-hybridized carbons (Fsp3) is 0.714. The molecule has 0 radical (unpaired) electrons. The van der Waals surface area contributed by atoms with Crippen molar-refractivity contribution in [3.8, 4) is 0 Å². The minimum absolute atomic E-state index is 0.176. The molecule has 160 valence electrons. The van der Waals surface area contributed by atoms with E-state index >= 15 is 0 Å². The number of para-hydroxylation sites is 1. The molecule has 0 atom stereocenters. The Hall–Kier alpha value is -1.15. The summed E-state index contributed by atoms with van der Waals surface area (Å²) in [4.78, 5) is 2.38. The molecule has 28 heavy (non-hydrogen) atoms. The van der Waals surface area contributed by atoms with E-state index in [4.69, 9.17) is 4.74 Å². The summed E-state index contributed by atoms with van der Waals surface area (Å²) >= 11 is 0. The zero-order valence-corrected chi connectivity index (χ0v) is 18.5. The van der Waals surface area contributed by atoms with Crippen molar-refractivity contribution < 1.29 is 13.2 Å². The van der Waals surface area contributed by atoms with Gasteiger partial charge >= 0.3 is 10.2 Å². The molecule has 1 heterocycles. The van der Waals surface area contributed by atoms with Crippen molar-refractivity contribution in [2.24, 2.45) is 0 Å². The van der Waals surface area contributed by atoms with Crippen LogP contribution in [0.15, 0.2) is 30.3 Å². The van der Waals surface area contributed by atoms with Gasteiger partial charge in [0.05, 0.1) is 6.10 Å². The Bertz CT molecular complexity index is 644. The molecule has 1 aromatic rings. The SMILES string of the molecule is CC(C)N(C)CCCCCCOC1CCN(S(=O)(=O)Nc2ccccc2)CC1. The third-order valence-electron chi connectivity index (χ3n) is 5.40. The van der Waals surface area contributed by atoms with Gasteiger partial charge in [-0.2, -0.15) is 12.7 Å². The topological polar surface area (TPSA) is 61.9 Å². The van der Waals surface area contributed by atoms with Gasteiger partial charge in [0.1, 0.15) is 0 Å². The van der Waals surface area contributed by atoms with Crippen molar-refractivity contribution in [3.63, 3.8) is 0 Å². The third kappa shape index (κ3) is 8.07. The molecule has 1 saturated heterocycles. The number of piperidine rings is 1. The van der Waals surface area contributed by atoms with E-state index in [9.17, 15) is 8.42 Å². The number of benzene rings is 1. The van der Waals surface area contributed by atoms with E-state index in [1.807, 2.05) is 18.2 Å². The quantitative estimate of drug-likeness (QED) is 0.533. The maximum atomic E-state index is 12.5. The molecule has 0 aliphatic carbocycles. The van der Waals surface area contributed by atoms with E-state index in [2.05, 4.69) is 30.5 Å². The predicted molar refractivity (Wildman–Crippen MR) is 116 cm³/mol. The number of hydrogen-bond acceptors (Lipinski definition) is 4. The molecule has 1 aromatic carbocycles. The van der Waals surface area contributed by atoms with Crippen molar-refractivity contribution in [2.75, 3.05) is 38.0 Å². The van der Waals surface area contributed by atoms with Crippen LogP contribution in [-0.4, -0.2) is 63.1 Å². The first-order valence-corrected chi connectivity index (χ1v) is 12.0. The zero-order valence-electron chi connectivity index (χ0n) is 17.6. The van der Waals surface area contributed by atoms with Gasteiger partial charge in [0.2, 0.25) is 0 Å². The number of ether oxygens (including phenoxy) is 1. The predicted octanol–water partition coefficient (Wildman–Crippen LogP) is 3.72. The normalized spacial score (nSPS) is 16.8. The number of nitrogens with zero attached hydrogens (tertiary/aromatic N) is 2. The van der Waals surface area contributed by atoms with Gasteiger partial charge in [-0.15, -0.1) is 0 Å². The summed E-state index contributed by atoms with van der Waals surface area (Å²) < 4.78 is 35.1. The summed E-state index contributed by atoms with van der Waals surface area (Å²) in [6.07, 6.45) is 6.45. The molecule has 0 unspecified atom stereocenters. The van der Waals surface area contributed by atoms with Crippen LogP contribution in [0.3, 0.4) is 0 Å². The van der Waals surface area contributed by atoms with Crippen LogP contribution >= 0.6 is 0 Å². The van der Waals surface area contributed by atoms with Gasteiger partial charge in [0.15, 0.2) is 0 Å². The van der Waals surface area contributed by atoms with E-state index < -0.39 is 10.2 Å². The second kappa shape index (κ2) is 11.8. The Morgan fingerprint density at radius 3 is 2.39 bits per heavy atom. The van der Waals surface area contributed by atoms with E-state index in [0.29, 0.717) is 24.8 Å². The van der Waals surface area contributed by atoms with Gasteiger partial charge in [-0.05, 0) is 65.3 Å². The largest absolute Gasteiger partial charge is 0.378 e. The van der Waals surface area contributed by atoms with Crippen molar-refractivity contribution in [1.82, 2.24) is 9.21 Å². The number of hydrogen-bond donors (Lipinski definition) is 1. The molecule has 7 heteroatoms. The zero-order chi connectivity index (χ0) is 20.4. The molecule has 6 nitrogen and oxygen atoms in total. The van der Waals surface area contributed by atoms with Crippen molar-refractivity contribution in [2.45, 2.75) is 64.5 Å². The molecule has 0 spiro atoms. The van der Waals surface area contributed by atoms with Crippen LogP contribution < -0.4 is 4.72 Å². The van der Waals surface area contributed by atoms with Crippen molar-refractivity contribution in [1.29, 1.82) is 0 Å². The average Bonchev–Trinajstić information content (AvgIpc) is 2.67. The van der Waals surface area contributed by atoms with Crippen LogP contribution in [0.1, 0.15) is 52.4 Å². The molecule has 1 aliphatic rings. The molecule has 0 aromatic heterocycles. The lowest BCUT2D eigenvalue weighted by Crippen LogP contribution is -2.43. The number of nitrogens with one attached hydrogen (secondary N) is 1. The lowest BCUT2D eigenvalue weighted by Gasteiger charge is -2.31. The van der Waals surface area contributed by atoms with Crippen molar-refractivity contribution >= 4 is 15.9 Å². The van der Waals surface area contributed by atoms with E-state index in [1.165, 1.54) is 23.6 Å². The van der Waals surface area contributed by atoms with Gasteiger partial charge < -0.3 is 9.64 Å². The molecule has 1 fully saturated rings. The van der Waals surface area contributed by atoms with Crippen LogP contribution in [0.5, 0.6) is 0 Å². The second-order valence-corrected chi connectivity index (χ2v) is 9.60. The van der Waals surface area contributed by atoms with Crippen LogP contribution in [0.2, 0.25) is 0 Å². The molecular formula is C21H37N3O3S. The Balaban J connectivity index is 1.57. The molecule has 1 aliphatic heterocycles. The first-order chi connectivity index (χ1) is 13.4. The van der Waals surface area contributed by atoms with Crippen LogP contribution in [-0.2, 0) is 14.9 Å². The average molecular weight is 412 g/mol. The van der Waals surface area contributed by atoms with E-state index in [-0.39, 0.29) is 6.10 Å². The molecule has 0 amide bonds. The van der Waals surface area contributed by atoms with Gasteiger partial charge in [-0.3, -0.25) is 4.72 Å². The fourth-order valence-corrected chi connectivity index (χ4v) is 4.54. The molecule has 1 N–H and O–H groups in total. The summed E-state index contributed by atoms with van der Waals surface area (Å²) in [5, 5.41) is 0. The first-order valence-electron chi connectivity index (χ1n) is 10.5. The van der Waals surface area contributed by atoms with Gasteiger partial charge in [-0.25, -0.2) is 0 Å². The summed E-state index contributed by atoms with van der Waals surface area (Å²) in [5.41, 5.74) is 0.598. The summed E-state index contributed by atoms with van der Waals surface area (Å²) in [7, 11) is -1.31. The smallest absolute Gasteiger partial charge is 0.301 e. The summed E-state index contributed by atoms with van der Waals surface area (Å²) in [5.74, 6) is 0. The summed E-state index contributed by atoms with van der Waals surface area (Å²) in [6, 6.07) is 9.63. The second-order valence-electron chi connectivity index (χ2n) is 7.93. The Morgan fingerprint density at radius 2 is 1.75 bits per heavy atom. The minimum atomic E-state index is -3.48. The summed E-state index contributed by atoms with van der Waals surface area (Å²) in [6.45, 7) is 7.40. The van der Waals surface area contributed by atoms with Crippen LogP contribution in [0.25, 0.3) is 0 Å². The third-order valence-corrected chi connectivity index (χ3v) is 6.94. The van der Waals surface area contributed by atoms with Crippen LogP contribution in [0, 0.1) is 0 Å². The fourth-order valence-electron chi connectivity index (χ4n) is 3.28. The standard InChI is InChI=1S/C21H37N3O3S/c1-19(2)23(3)15-9-4-5-10-18-27-21-13-16-24(17-14-21)28(25,26)22-20-11-7-6-8-12-20/h6-8,11-12,19,21-22H,4-5,9-10,13-18H2,1-3H3. The number of anilines is 1. The van der Waals surface area contributed by atoms with Gasteiger partial charge in [0.25, 0.3) is 0 Å². The monoisotopic (exact) mass is 411 g/mol. The Kier molecular flexibility index (Phi) is 9.71. The molecule has 2 rings (SSSR count). The highest BCUT2D eigenvalue weighted by Gasteiger charge is 2.28. The molecule has 0 bridgehead atoms. The Morgan fingerprint density at radius 1 is 1.11 bits per heavy atom. The maximum Gasteiger partial charge on any atom is 0.301 e. The van der Waals surface area contributed by atoms with E-state index in [1.54, 1.807) is 12.1 Å². The Labute approximate surface area is 171 Å². The van der Waals surface area contributed by atoms with Gasteiger partial charge in [-0.1, -0.05) is 31.0 Å². The van der Waals surface area contributed by atoms with E-state index in [0.717, 1.165) is 32.4 Å². The van der Waals surface area contributed by atoms with Gasteiger partial charge in [0, 0.05) is 31.4 Å². The molecule has 0 saturated carbocycles. The highest BCUT2D eigenvalue weighted by molar-refractivity contribution is 7.90. The highest BCUT2D eigenvalue weighted by Crippen LogP contribution is 2.19. The lowest BCUT2D eigenvalue weighted by molar-refractivity contribution is 0.0193. The minimum Gasteiger partial charge on any atom is -0.378 e. The molecular weight excluding hydrogens is 374 g/mol. The lowest BCUT2D eigenvalue weighted by atomic mass is 10.1.